The summed E-state index contributed by atoms with van der Waals surface area (Å²) in [6.45, 7) is 4.92. The summed E-state index contributed by atoms with van der Waals surface area (Å²) in [6, 6.07) is 13.3. The molecule has 1 N–H and O–H groups in total. The van der Waals surface area contributed by atoms with Gasteiger partial charge in [0.05, 0.1) is 11.0 Å². The number of sulfonamides is 1. The Labute approximate surface area is 166 Å². The Hall–Kier alpha value is -2.38. The number of nitrogens with one attached hydrogen (secondary N) is 1. The molecule has 1 aliphatic rings. The van der Waals surface area contributed by atoms with Gasteiger partial charge >= 0.3 is 0 Å². The smallest absolute Gasteiger partial charge is 0.255 e. The van der Waals surface area contributed by atoms with E-state index in [4.69, 9.17) is 4.74 Å². The largest absolute Gasteiger partial charge is 0.491 e. The number of carbonyl (C=O) groups excluding carboxylic acids is 1. The standard InChI is InChI=1S/C21H26N2O4S/c1-16(2)27-19-10-7-9-18(15-19)22-21(24)17-8-6-11-20(14-17)28(25,26)23-12-4-3-5-13-23/h6-11,14-16H,3-5,12-13H2,1-2H3,(H,22,24). The van der Waals surface area contributed by atoms with Gasteiger partial charge in [-0.3, -0.25) is 4.79 Å². The molecular formula is C21H26N2O4S. The molecule has 0 radical (unpaired) electrons. The minimum atomic E-state index is -3.58. The average Bonchev–Trinajstić information content (AvgIpc) is 2.68. The van der Waals surface area contributed by atoms with Crippen LogP contribution in [0.5, 0.6) is 5.75 Å². The molecule has 1 aliphatic heterocycles. The van der Waals surface area contributed by atoms with Gasteiger partial charge in [0.15, 0.2) is 0 Å². The molecule has 3 rings (SSSR count). The lowest BCUT2D eigenvalue weighted by atomic mass is 10.2. The van der Waals surface area contributed by atoms with E-state index in [9.17, 15) is 13.2 Å². The highest BCUT2D eigenvalue weighted by atomic mass is 32.2. The average molecular weight is 403 g/mol. The van der Waals surface area contributed by atoms with Crippen LogP contribution >= 0.6 is 0 Å². The number of nitrogens with zero attached hydrogens (tertiary/aromatic N) is 1. The second-order valence-corrected chi connectivity index (χ2v) is 9.08. The van der Waals surface area contributed by atoms with Crippen molar-refractivity contribution in [2.75, 3.05) is 18.4 Å². The molecule has 0 aliphatic carbocycles. The van der Waals surface area contributed by atoms with Gasteiger partial charge in [-0.25, -0.2) is 8.42 Å². The summed E-state index contributed by atoms with van der Waals surface area (Å²) in [7, 11) is -3.58. The second-order valence-electron chi connectivity index (χ2n) is 7.14. The summed E-state index contributed by atoms with van der Waals surface area (Å²) in [5.41, 5.74) is 0.890. The van der Waals surface area contributed by atoms with Crippen molar-refractivity contribution >= 4 is 21.6 Å². The van der Waals surface area contributed by atoms with E-state index in [0.717, 1.165) is 19.3 Å². The first-order valence-electron chi connectivity index (χ1n) is 9.54. The highest BCUT2D eigenvalue weighted by Gasteiger charge is 2.26. The Balaban J connectivity index is 1.77. The molecule has 0 atom stereocenters. The maximum atomic E-state index is 12.8. The van der Waals surface area contributed by atoms with Gasteiger partial charge in [0.2, 0.25) is 10.0 Å². The topological polar surface area (TPSA) is 75.7 Å². The molecule has 2 aromatic rings. The van der Waals surface area contributed by atoms with Crippen LogP contribution in [0.2, 0.25) is 0 Å². The number of hydrogen-bond donors (Lipinski definition) is 1. The molecule has 6 nitrogen and oxygen atoms in total. The monoisotopic (exact) mass is 402 g/mol. The third-order valence-corrected chi connectivity index (χ3v) is 6.41. The third kappa shape index (κ3) is 4.91. The molecule has 0 unspecified atom stereocenters. The molecule has 2 aromatic carbocycles. The highest BCUT2D eigenvalue weighted by molar-refractivity contribution is 7.89. The van der Waals surface area contributed by atoms with Gasteiger partial charge in [-0.1, -0.05) is 18.6 Å². The number of piperidine rings is 1. The van der Waals surface area contributed by atoms with E-state index >= 15 is 0 Å². The third-order valence-electron chi connectivity index (χ3n) is 4.51. The molecule has 1 saturated heterocycles. The number of benzene rings is 2. The summed E-state index contributed by atoms with van der Waals surface area (Å²) < 4.78 is 32.8. The van der Waals surface area contributed by atoms with E-state index in [-0.39, 0.29) is 16.9 Å². The normalized spacial score (nSPS) is 15.4. The van der Waals surface area contributed by atoms with Crippen LogP contribution < -0.4 is 10.1 Å². The molecule has 1 heterocycles. The van der Waals surface area contributed by atoms with Crippen LogP contribution in [0.1, 0.15) is 43.5 Å². The van der Waals surface area contributed by atoms with Gasteiger partial charge in [-0.15, -0.1) is 0 Å². The van der Waals surface area contributed by atoms with Crippen molar-refractivity contribution in [1.29, 1.82) is 0 Å². The predicted molar refractivity (Wildman–Crippen MR) is 109 cm³/mol. The SMILES string of the molecule is CC(C)Oc1cccc(NC(=O)c2cccc(S(=O)(=O)N3CCCCC3)c2)c1. The lowest BCUT2D eigenvalue weighted by molar-refractivity contribution is 0.102. The second kappa shape index (κ2) is 8.75. The summed E-state index contributed by atoms with van der Waals surface area (Å²) >= 11 is 0. The maximum Gasteiger partial charge on any atom is 0.255 e. The van der Waals surface area contributed by atoms with Gasteiger partial charge in [-0.05, 0) is 57.0 Å². The van der Waals surface area contributed by atoms with E-state index < -0.39 is 10.0 Å². The molecule has 0 aromatic heterocycles. The van der Waals surface area contributed by atoms with E-state index in [1.807, 2.05) is 19.9 Å². The fourth-order valence-electron chi connectivity index (χ4n) is 3.17. The number of carbonyl (C=O) groups is 1. The minimum absolute atomic E-state index is 0.0302. The fourth-order valence-corrected chi connectivity index (χ4v) is 4.74. The summed E-state index contributed by atoms with van der Waals surface area (Å²) in [5.74, 6) is 0.298. The van der Waals surface area contributed by atoms with Crippen molar-refractivity contribution in [3.63, 3.8) is 0 Å². The summed E-state index contributed by atoms with van der Waals surface area (Å²) in [6.07, 6.45) is 2.82. The van der Waals surface area contributed by atoms with E-state index in [1.54, 1.807) is 30.3 Å². The molecule has 28 heavy (non-hydrogen) atoms. The van der Waals surface area contributed by atoms with Crippen molar-refractivity contribution < 1.29 is 17.9 Å². The van der Waals surface area contributed by atoms with Gasteiger partial charge in [0.25, 0.3) is 5.91 Å². The first kappa shape index (κ1) is 20.4. The number of hydrogen-bond acceptors (Lipinski definition) is 4. The van der Waals surface area contributed by atoms with Crippen molar-refractivity contribution in [3.8, 4) is 5.75 Å². The van der Waals surface area contributed by atoms with Gasteiger partial charge in [0, 0.05) is 30.4 Å². The van der Waals surface area contributed by atoms with Crippen LogP contribution in [-0.4, -0.2) is 37.8 Å². The molecule has 0 saturated carbocycles. The molecule has 1 fully saturated rings. The molecule has 0 spiro atoms. The van der Waals surface area contributed by atoms with Gasteiger partial charge in [-0.2, -0.15) is 4.31 Å². The van der Waals surface area contributed by atoms with Crippen LogP contribution in [0.15, 0.2) is 53.4 Å². The quantitative estimate of drug-likeness (QED) is 0.795. The lowest BCUT2D eigenvalue weighted by Crippen LogP contribution is -2.35. The molecule has 1 amide bonds. The fraction of sp³-hybridized carbons (Fsp3) is 0.381. The molecule has 0 bridgehead atoms. The first-order valence-corrected chi connectivity index (χ1v) is 11.0. The van der Waals surface area contributed by atoms with Crippen molar-refractivity contribution in [3.05, 3.63) is 54.1 Å². The predicted octanol–water partition coefficient (Wildman–Crippen LogP) is 3.90. The Morgan fingerprint density at radius 1 is 1.04 bits per heavy atom. The van der Waals surface area contributed by atoms with Gasteiger partial charge < -0.3 is 10.1 Å². The van der Waals surface area contributed by atoms with Crippen molar-refractivity contribution in [2.24, 2.45) is 0 Å². The first-order chi connectivity index (χ1) is 13.4. The number of anilines is 1. The lowest BCUT2D eigenvalue weighted by Gasteiger charge is -2.26. The zero-order valence-electron chi connectivity index (χ0n) is 16.2. The molecule has 150 valence electrons. The van der Waals surface area contributed by atoms with Crippen molar-refractivity contribution in [2.45, 2.75) is 44.1 Å². The zero-order valence-corrected chi connectivity index (χ0v) is 17.0. The number of rotatable bonds is 6. The van der Waals surface area contributed by atoms with Crippen LogP contribution in [0.3, 0.4) is 0 Å². The Morgan fingerprint density at radius 2 is 1.75 bits per heavy atom. The van der Waals surface area contributed by atoms with E-state index in [2.05, 4.69) is 5.32 Å². The Kier molecular flexibility index (Phi) is 6.36. The number of ether oxygens (including phenoxy) is 1. The Bertz CT molecular complexity index is 935. The summed E-state index contributed by atoms with van der Waals surface area (Å²) in [5, 5.41) is 2.80. The molecular weight excluding hydrogens is 376 g/mol. The van der Waals surface area contributed by atoms with E-state index in [0.29, 0.717) is 30.1 Å². The highest BCUT2D eigenvalue weighted by Crippen LogP contribution is 2.23. The summed E-state index contributed by atoms with van der Waals surface area (Å²) in [4.78, 5) is 12.8. The number of amides is 1. The maximum absolute atomic E-state index is 12.8. The van der Waals surface area contributed by atoms with Crippen LogP contribution in [0.25, 0.3) is 0 Å². The minimum Gasteiger partial charge on any atom is -0.491 e. The van der Waals surface area contributed by atoms with Crippen LogP contribution in [0.4, 0.5) is 5.69 Å². The van der Waals surface area contributed by atoms with Crippen LogP contribution in [0, 0.1) is 0 Å². The zero-order chi connectivity index (χ0) is 20.1. The van der Waals surface area contributed by atoms with E-state index in [1.165, 1.54) is 16.4 Å². The Morgan fingerprint density at radius 3 is 2.46 bits per heavy atom. The molecule has 7 heteroatoms. The van der Waals surface area contributed by atoms with Gasteiger partial charge in [0.1, 0.15) is 5.75 Å². The van der Waals surface area contributed by atoms with Crippen LogP contribution in [-0.2, 0) is 10.0 Å². The van der Waals surface area contributed by atoms with Crippen molar-refractivity contribution in [1.82, 2.24) is 4.31 Å².